The molecule has 1 aliphatic rings. The van der Waals surface area contributed by atoms with Crippen LogP contribution < -0.4 is 0 Å². The third kappa shape index (κ3) is 4.49. The molecule has 1 aliphatic carbocycles. The smallest absolute Gasteiger partial charge is 0.117 e. The van der Waals surface area contributed by atoms with E-state index in [1.807, 2.05) is 42.9 Å². The minimum Gasteiger partial charge on any atom is -0.508 e. The molecule has 0 aromatic carbocycles. The Bertz CT molecular complexity index is 340. The Morgan fingerprint density at radius 3 is 2.33 bits per heavy atom. The first kappa shape index (κ1) is 12.3. The van der Waals surface area contributed by atoms with Crippen molar-refractivity contribution in [1.82, 2.24) is 0 Å². The molecule has 80 valence electrons. The van der Waals surface area contributed by atoms with Gasteiger partial charge in [-0.15, -0.1) is 23.5 Å². The Labute approximate surface area is 99.3 Å². The molecule has 0 saturated heterocycles. The van der Waals surface area contributed by atoms with E-state index >= 15 is 0 Å². The minimum absolute atomic E-state index is 0.287. The summed E-state index contributed by atoms with van der Waals surface area (Å²) in [5.74, 6) is 0.287. The maximum absolute atomic E-state index is 9.61. The fraction of sp³-hybridized carbons (Fsp3) is 0.167. The molecular formula is C12H14OS2. The first-order valence-corrected chi connectivity index (χ1v) is 6.96. The summed E-state index contributed by atoms with van der Waals surface area (Å²) in [6, 6.07) is 0. The number of aliphatic hydroxyl groups excluding tert-OH is 1. The predicted octanol–water partition coefficient (Wildman–Crippen LogP) is 4.05. The number of allylic oxidation sites excluding steroid dienone is 8. The van der Waals surface area contributed by atoms with Crippen molar-refractivity contribution in [2.45, 2.75) is 0 Å². The van der Waals surface area contributed by atoms with Gasteiger partial charge >= 0.3 is 0 Å². The monoisotopic (exact) mass is 238 g/mol. The van der Waals surface area contributed by atoms with Crippen LogP contribution in [0.25, 0.3) is 0 Å². The maximum atomic E-state index is 9.61. The highest BCUT2D eigenvalue weighted by atomic mass is 32.2. The van der Waals surface area contributed by atoms with Crippen LogP contribution >= 0.6 is 23.5 Å². The zero-order valence-corrected chi connectivity index (χ0v) is 10.4. The molecule has 0 radical (unpaired) electrons. The quantitative estimate of drug-likeness (QED) is 0.589. The van der Waals surface area contributed by atoms with Crippen LogP contribution in [0, 0.1) is 0 Å². The standard InChI is InChI=1S/C12H14OS2/c1-14-12(15-2)9-11(13)8-7-10-5-3-4-6-10/h3-9,13H,1-2H3/b11-8-. The van der Waals surface area contributed by atoms with Gasteiger partial charge in [-0.2, -0.15) is 0 Å². The lowest BCUT2D eigenvalue weighted by atomic mass is 10.2. The highest BCUT2D eigenvalue weighted by Gasteiger charge is 1.94. The normalized spacial score (nSPS) is 14.5. The Balaban J connectivity index is 2.67. The first-order valence-electron chi connectivity index (χ1n) is 4.51. The van der Waals surface area contributed by atoms with Crippen LogP contribution in [0.3, 0.4) is 0 Å². The van der Waals surface area contributed by atoms with E-state index in [2.05, 4.69) is 0 Å². The Kier molecular flexibility index (Phi) is 5.43. The van der Waals surface area contributed by atoms with Crippen LogP contribution in [-0.4, -0.2) is 17.6 Å². The number of thioether (sulfide) groups is 2. The summed E-state index contributed by atoms with van der Waals surface area (Å²) in [6.07, 6.45) is 17.3. The molecule has 1 N–H and O–H groups in total. The van der Waals surface area contributed by atoms with Crippen molar-refractivity contribution in [1.29, 1.82) is 0 Å². The van der Waals surface area contributed by atoms with Gasteiger partial charge in [-0.1, -0.05) is 30.4 Å². The minimum atomic E-state index is 0.287. The summed E-state index contributed by atoms with van der Waals surface area (Å²) < 4.78 is 1.10. The van der Waals surface area contributed by atoms with Gasteiger partial charge in [0.15, 0.2) is 0 Å². The van der Waals surface area contributed by atoms with Crippen molar-refractivity contribution < 1.29 is 5.11 Å². The lowest BCUT2D eigenvalue weighted by Gasteiger charge is -1.97. The van der Waals surface area contributed by atoms with E-state index in [1.54, 1.807) is 35.7 Å². The van der Waals surface area contributed by atoms with Gasteiger partial charge in [0.2, 0.25) is 0 Å². The molecule has 0 spiro atoms. The average molecular weight is 238 g/mol. The summed E-state index contributed by atoms with van der Waals surface area (Å²) in [4.78, 5) is 0. The molecule has 1 rings (SSSR count). The zero-order chi connectivity index (χ0) is 11.1. The molecule has 0 aromatic rings. The van der Waals surface area contributed by atoms with E-state index in [1.165, 1.54) is 0 Å². The van der Waals surface area contributed by atoms with Crippen molar-refractivity contribution in [3.8, 4) is 0 Å². The molecule has 3 heteroatoms. The molecule has 15 heavy (non-hydrogen) atoms. The predicted molar refractivity (Wildman–Crippen MR) is 72.2 cm³/mol. The molecule has 0 aliphatic heterocycles. The SMILES string of the molecule is CSC(=C/C(O)=C/C=C1C=CC=C1)SC. The number of rotatable bonds is 4. The lowest BCUT2D eigenvalue weighted by molar-refractivity contribution is 0.432. The van der Waals surface area contributed by atoms with E-state index < -0.39 is 0 Å². The summed E-state index contributed by atoms with van der Waals surface area (Å²) in [7, 11) is 0. The van der Waals surface area contributed by atoms with Gasteiger partial charge in [-0.25, -0.2) is 0 Å². The maximum Gasteiger partial charge on any atom is 0.117 e. The van der Waals surface area contributed by atoms with Gasteiger partial charge in [-0.3, -0.25) is 0 Å². The van der Waals surface area contributed by atoms with Crippen LogP contribution in [0.4, 0.5) is 0 Å². The van der Waals surface area contributed by atoms with Crippen LogP contribution in [-0.2, 0) is 0 Å². The second-order valence-electron chi connectivity index (χ2n) is 2.85. The van der Waals surface area contributed by atoms with Gasteiger partial charge in [0.05, 0.1) is 0 Å². The van der Waals surface area contributed by atoms with Gasteiger partial charge in [0.1, 0.15) is 5.76 Å². The third-order valence-electron chi connectivity index (χ3n) is 1.80. The summed E-state index contributed by atoms with van der Waals surface area (Å²) in [5.41, 5.74) is 1.10. The van der Waals surface area contributed by atoms with Gasteiger partial charge in [0.25, 0.3) is 0 Å². The van der Waals surface area contributed by atoms with Gasteiger partial charge in [0, 0.05) is 4.24 Å². The van der Waals surface area contributed by atoms with Crippen molar-refractivity contribution in [2.24, 2.45) is 0 Å². The fourth-order valence-electron chi connectivity index (χ4n) is 1.05. The number of hydrogen-bond donors (Lipinski definition) is 1. The molecule has 0 saturated carbocycles. The van der Waals surface area contributed by atoms with E-state index in [0.717, 1.165) is 9.81 Å². The molecule has 0 atom stereocenters. The second kappa shape index (κ2) is 6.64. The fourth-order valence-corrected chi connectivity index (χ4v) is 2.20. The van der Waals surface area contributed by atoms with E-state index in [0.29, 0.717) is 0 Å². The van der Waals surface area contributed by atoms with E-state index in [4.69, 9.17) is 0 Å². The molecular weight excluding hydrogens is 224 g/mol. The second-order valence-corrected chi connectivity index (χ2v) is 4.80. The summed E-state index contributed by atoms with van der Waals surface area (Å²) in [5, 5.41) is 9.61. The van der Waals surface area contributed by atoms with E-state index in [-0.39, 0.29) is 5.76 Å². The topological polar surface area (TPSA) is 20.2 Å². The first-order chi connectivity index (χ1) is 7.26. The van der Waals surface area contributed by atoms with E-state index in [9.17, 15) is 5.11 Å². The van der Waals surface area contributed by atoms with Crippen molar-refractivity contribution in [3.05, 3.63) is 58.1 Å². The number of hydrogen-bond acceptors (Lipinski definition) is 3. The molecule has 1 nitrogen and oxygen atoms in total. The Morgan fingerprint density at radius 1 is 1.20 bits per heavy atom. The molecule has 0 heterocycles. The molecule has 0 bridgehead atoms. The Morgan fingerprint density at radius 2 is 1.80 bits per heavy atom. The Hall–Kier alpha value is -0.800. The van der Waals surface area contributed by atoms with Crippen molar-refractivity contribution >= 4 is 23.5 Å². The molecule has 0 amide bonds. The van der Waals surface area contributed by atoms with Crippen LogP contribution in [0.5, 0.6) is 0 Å². The van der Waals surface area contributed by atoms with Crippen LogP contribution in [0.1, 0.15) is 0 Å². The summed E-state index contributed by atoms with van der Waals surface area (Å²) >= 11 is 3.26. The van der Waals surface area contributed by atoms with Crippen LogP contribution in [0.15, 0.2) is 58.1 Å². The van der Waals surface area contributed by atoms with Gasteiger partial charge < -0.3 is 5.11 Å². The van der Waals surface area contributed by atoms with Crippen molar-refractivity contribution in [2.75, 3.05) is 12.5 Å². The van der Waals surface area contributed by atoms with Crippen LogP contribution in [0.2, 0.25) is 0 Å². The summed E-state index contributed by atoms with van der Waals surface area (Å²) in [6.45, 7) is 0. The molecule has 0 aromatic heterocycles. The highest BCUT2D eigenvalue weighted by molar-refractivity contribution is 8.21. The molecule has 0 fully saturated rings. The largest absolute Gasteiger partial charge is 0.508 e. The van der Waals surface area contributed by atoms with Crippen molar-refractivity contribution in [3.63, 3.8) is 0 Å². The zero-order valence-electron chi connectivity index (χ0n) is 8.81. The molecule has 0 unspecified atom stereocenters. The highest BCUT2D eigenvalue weighted by Crippen LogP contribution is 2.24. The number of aliphatic hydroxyl groups is 1. The average Bonchev–Trinajstić information content (AvgIpc) is 2.75. The third-order valence-corrected chi connectivity index (χ3v) is 3.84. The van der Waals surface area contributed by atoms with Gasteiger partial charge in [-0.05, 0) is 30.2 Å². The lowest BCUT2D eigenvalue weighted by Crippen LogP contribution is -1.76.